The first kappa shape index (κ1) is 22.0. The van der Waals surface area contributed by atoms with Crippen molar-refractivity contribution in [1.82, 2.24) is 15.0 Å². The van der Waals surface area contributed by atoms with Gasteiger partial charge in [-0.1, -0.05) is 0 Å². The van der Waals surface area contributed by atoms with Gasteiger partial charge < -0.3 is 31.0 Å². The van der Waals surface area contributed by atoms with Crippen molar-refractivity contribution < 1.29 is 32.2 Å². The molecule has 2 aromatic heterocycles. The molecule has 0 saturated heterocycles. The molecular formula is C17H18F3N7O4. The van der Waals surface area contributed by atoms with Crippen molar-refractivity contribution in [1.29, 1.82) is 0 Å². The van der Waals surface area contributed by atoms with Crippen molar-refractivity contribution in [3.05, 3.63) is 35.5 Å². The fraction of sp³-hybridized carbons (Fsp3) is 0.353. The minimum Gasteiger partial charge on any atom is -0.474 e. The second-order valence-corrected chi connectivity index (χ2v) is 6.22. The molecule has 166 valence electrons. The largest absolute Gasteiger partial charge is 0.474 e. The number of carbonyl (C=O) groups is 1. The number of anilines is 2. The highest BCUT2D eigenvalue weighted by Gasteiger charge is 2.47. The number of amides is 1. The molecule has 1 aliphatic heterocycles. The Morgan fingerprint density at radius 1 is 1.32 bits per heavy atom. The summed E-state index contributed by atoms with van der Waals surface area (Å²) < 4.78 is 57.0. The fourth-order valence-corrected chi connectivity index (χ4v) is 2.52. The summed E-state index contributed by atoms with van der Waals surface area (Å²) in [4.78, 5) is 27.4. The molecule has 3 heterocycles. The van der Waals surface area contributed by atoms with E-state index >= 15 is 0 Å². The molecule has 31 heavy (non-hydrogen) atoms. The van der Waals surface area contributed by atoms with Gasteiger partial charge in [-0.15, -0.1) is 0 Å². The summed E-state index contributed by atoms with van der Waals surface area (Å²) >= 11 is 0. The number of nitrogens with zero attached hydrogens (tertiary/aromatic N) is 4. The number of carbonyl (C=O) groups excluding carboxylic acids is 1. The van der Waals surface area contributed by atoms with Crippen LogP contribution < -0.4 is 21.5 Å². The number of hydrogen-bond donors (Lipinski definition) is 3. The van der Waals surface area contributed by atoms with Crippen molar-refractivity contribution >= 4 is 23.6 Å². The van der Waals surface area contributed by atoms with Crippen molar-refractivity contribution in [3.8, 4) is 5.88 Å². The molecule has 0 radical (unpaired) electrons. The van der Waals surface area contributed by atoms with Gasteiger partial charge in [0.15, 0.2) is 24.2 Å². The molecule has 14 heteroatoms. The average molecular weight is 441 g/mol. The number of methoxy groups -OCH3 is 1. The van der Waals surface area contributed by atoms with Gasteiger partial charge in [0.25, 0.3) is 11.9 Å². The third-order valence-corrected chi connectivity index (χ3v) is 3.97. The molecule has 3 rings (SSSR count). The van der Waals surface area contributed by atoms with Crippen molar-refractivity contribution in [2.45, 2.75) is 12.0 Å². The van der Waals surface area contributed by atoms with Crippen LogP contribution in [0, 0.1) is 5.82 Å². The van der Waals surface area contributed by atoms with Gasteiger partial charge in [0.05, 0.1) is 12.8 Å². The highest BCUT2D eigenvalue weighted by atomic mass is 19.3. The van der Waals surface area contributed by atoms with Gasteiger partial charge in [-0.2, -0.15) is 13.8 Å². The molecule has 0 spiro atoms. The summed E-state index contributed by atoms with van der Waals surface area (Å²) in [6, 6.07) is -0.613. The van der Waals surface area contributed by atoms with Crippen molar-refractivity contribution in [2.75, 3.05) is 38.0 Å². The zero-order chi connectivity index (χ0) is 22.6. The van der Waals surface area contributed by atoms with E-state index in [4.69, 9.17) is 20.9 Å². The number of ether oxygens (including phenoxy) is 3. The number of amidine groups is 1. The Kier molecular flexibility index (Phi) is 6.39. The van der Waals surface area contributed by atoms with E-state index in [-0.39, 0.29) is 29.8 Å². The van der Waals surface area contributed by atoms with Gasteiger partial charge in [0.1, 0.15) is 23.9 Å². The van der Waals surface area contributed by atoms with Crippen LogP contribution in [0.25, 0.3) is 0 Å². The molecule has 2 aromatic rings. The van der Waals surface area contributed by atoms with Gasteiger partial charge in [0.2, 0.25) is 5.88 Å². The van der Waals surface area contributed by atoms with E-state index in [1.165, 1.54) is 13.3 Å². The molecule has 1 aliphatic rings. The van der Waals surface area contributed by atoms with E-state index in [0.29, 0.717) is 6.61 Å². The number of rotatable bonds is 7. The van der Waals surface area contributed by atoms with E-state index < -0.39 is 42.0 Å². The fourth-order valence-electron chi connectivity index (χ4n) is 2.52. The second-order valence-electron chi connectivity index (χ2n) is 6.22. The predicted molar refractivity (Wildman–Crippen MR) is 101 cm³/mol. The highest BCUT2D eigenvalue weighted by molar-refractivity contribution is 6.05. The molecular weight excluding hydrogens is 423 g/mol. The van der Waals surface area contributed by atoms with Gasteiger partial charge >= 0.3 is 5.92 Å². The first-order chi connectivity index (χ1) is 14.7. The summed E-state index contributed by atoms with van der Waals surface area (Å²) in [7, 11) is 1.50. The van der Waals surface area contributed by atoms with Crippen LogP contribution in [-0.2, 0) is 9.47 Å². The monoisotopic (exact) mass is 441 g/mol. The van der Waals surface area contributed by atoms with Crippen LogP contribution in [0.4, 0.5) is 24.8 Å². The lowest BCUT2D eigenvalue weighted by atomic mass is 10.1. The van der Waals surface area contributed by atoms with Gasteiger partial charge in [-0.05, 0) is 12.1 Å². The summed E-state index contributed by atoms with van der Waals surface area (Å²) in [5.74, 6) is -5.88. The molecule has 0 fully saturated rings. The maximum atomic E-state index is 14.2. The number of nitrogens with one attached hydrogen (secondary N) is 1. The maximum absolute atomic E-state index is 14.2. The SMILES string of the molecule is COCCOc1cnc(C(=O)Nc2ccc(F)c([C@H]3N=C(N)OCC3(F)F)n2)c(N)n1. The van der Waals surface area contributed by atoms with Crippen LogP contribution >= 0.6 is 0 Å². The number of alkyl halides is 2. The molecule has 11 nitrogen and oxygen atoms in total. The first-order valence-electron chi connectivity index (χ1n) is 8.77. The summed E-state index contributed by atoms with van der Waals surface area (Å²) in [6.45, 7) is -0.581. The van der Waals surface area contributed by atoms with E-state index in [0.717, 1.165) is 12.1 Å². The topological polar surface area (TPSA) is 160 Å². The zero-order valence-electron chi connectivity index (χ0n) is 16.1. The Morgan fingerprint density at radius 3 is 2.81 bits per heavy atom. The van der Waals surface area contributed by atoms with Gasteiger partial charge in [-0.25, -0.2) is 19.4 Å². The van der Waals surface area contributed by atoms with E-state index in [2.05, 4.69) is 30.0 Å². The summed E-state index contributed by atoms with van der Waals surface area (Å²) in [5, 5.41) is 2.30. The molecule has 0 aliphatic carbocycles. The molecule has 1 atom stereocenters. The first-order valence-corrected chi connectivity index (χ1v) is 8.77. The van der Waals surface area contributed by atoms with Crippen LogP contribution in [0.2, 0.25) is 0 Å². The average Bonchev–Trinajstić information content (AvgIpc) is 2.71. The number of halogens is 3. The van der Waals surface area contributed by atoms with Crippen LogP contribution in [0.3, 0.4) is 0 Å². The lowest BCUT2D eigenvalue weighted by Crippen LogP contribution is -2.40. The lowest BCUT2D eigenvalue weighted by molar-refractivity contribution is -0.0798. The predicted octanol–water partition coefficient (Wildman–Crippen LogP) is 0.892. The molecule has 1 amide bonds. The summed E-state index contributed by atoms with van der Waals surface area (Å²) in [6.07, 6.45) is 1.17. The van der Waals surface area contributed by atoms with Crippen LogP contribution in [0.1, 0.15) is 22.2 Å². The lowest BCUT2D eigenvalue weighted by Gasteiger charge is -2.27. The third kappa shape index (κ3) is 5.09. The minimum absolute atomic E-state index is 0.0745. The van der Waals surface area contributed by atoms with Crippen LogP contribution in [-0.4, -0.2) is 59.7 Å². The summed E-state index contributed by atoms with van der Waals surface area (Å²) in [5.41, 5.74) is 10.1. The number of aromatic nitrogens is 3. The third-order valence-electron chi connectivity index (χ3n) is 3.97. The molecule has 0 bridgehead atoms. The van der Waals surface area contributed by atoms with Gasteiger partial charge in [-0.3, -0.25) is 4.79 Å². The standard InChI is InChI=1S/C17H18F3N7O4/c1-29-4-5-30-10-6-23-12(14(21)26-10)15(28)25-9-3-2-8(18)11(24-9)13-17(19,20)7-31-16(22)27-13/h2-3,6,13H,4-5,7H2,1H3,(H2,21,26)(H2,22,27)(H,24,25,28)/t13-/m1/s1. The molecule has 0 aromatic carbocycles. The quantitative estimate of drug-likeness (QED) is 0.530. The van der Waals surface area contributed by atoms with E-state index in [1.807, 2.05) is 0 Å². The Morgan fingerprint density at radius 2 is 2.10 bits per heavy atom. The number of nitrogen functional groups attached to an aromatic ring is 1. The maximum Gasteiger partial charge on any atom is 0.309 e. The minimum atomic E-state index is -3.56. The molecule has 0 unspecified atom stereocenters. The van der Waals surface area contributed by atoms with E-state index in [9.17, 15) is 18.0 Å². The Labute approximate surface area is 173 Å². The number of pyridine rings is 1. The Bertz CT molecular complexity index is 1010. The Balaban J connectivity index is 1.80. The van der Waals surface area contributed by atoms with Crippen molar-refractivity contribution in [3.63, 3.8) is 0 Å². The molecule has 5 N–H and O–H groups in total. The smallest absolute Gasteiger partial charge is 0.309 e. The van der Waals surface area contributed by atoms with Crippen molar-refractivity contribution in [2.24, 2.45) is 10.7 Å². The number of aliphatic imine (C=N–C) groups is 1. The normalized spacial score (nSPS) is 17.4. The molecule has 0 saturated carbocycles. The van der Waals surface area contributed by atoms with E-state index in [1.54, 1.807) is 0 Å². The number of hydrogen-bond acceptors (Lipinski definition) is 10. The highest BCUT2D eigenvalue weighted by Crippen LogP contribution is 2.38. The van der Waals surface area contributed by atoms with Crippen LogP contribution in [0.15, 0.2) is 23.3 Å². The second kappa shape index (κ2) is 8.99. The number of nitrogens with two attached hydrogens (primary N) is 2. The van der Waals surface area contributed by atoms with Gasteiger partial charge in [0, 0.05) is 7.11 Å². The Hall–Kier alpha value is -3.68. The van der Waals surface area contributed by atoms with Crippen LogP contribution in [0.5, 0.6) is 5.88 Å². The zero-order valence-corrected chi connectivity index (χ0v) is 16.1.